The number of carbonyl (C=O) groups is 1. The number of nitrogens with zero attached hydrogens (tertiary/aromatic N) is 1. The summed E-state index contributed by atoms with van der Waals surface area (Å²) in [5, 5.41) is 9.55. The normalized spacial score (nSPS) is 13.4. The summed E-state index contributed by atoms with van der Waals surface area (Å²) in [5.74, 6) is -0.817. The maximum Gasteiger partial charge on any atom is 0.276 e. The number of benzene rings is 1. The first kappa shape index (κ1) is 12.2. The number of nitrogens with one attached hydrogen (secondary N) is 2. The van der Waals surface area contributed by atoms with Gasteiger partial charge in [-0.2, -0.15) is 5.10 Å². The second kappa shape index (κ2) is 4.66. The zero-order valence-corrected chi connectivity index (χ0v) is 10.7. The molecule has 2 N–H and O–H groups in total. The lowest BCUT2D eigenvalue weighted by Gasteiger charge is -2.05. The number of hydrogen-bond donors (Lipinski definition) is 2. The number of aromatic nitrogens is 2. The number of anilines is 1. The van der Waals surface area contributed by atoms with E-state index in [9.17, 15) is 9.18 Å². The minimum absolute atomic E-state index is 0.0231. The predicted molar refractivity (Wildman–Crippen MR) is 70.0 cm³/mol. The van der Waals surface area contributed by atoms with E-state index in [2.05, 4.69) is 15.5 Å². The van der Waals surface area contributed by atoms with Crippen molar-refractivity contribution in [3.63, 3.8) is 0 Å². The van der Waals surface area contributed by atoms with Gasteiger partial charge in [0, 0.05) is 16.9 Å². The Kier molecular flexibility index (Phi) is 2.98. The number of carbonyl (C=O) groups excluding carboxylic acids is 1. The summed E-state index contributed by atoms with van der Waals surface area (Å²) in [6, 6.07) is 4.06. The predicted octanol–water partition coefficient (Wildman–Crippen LogP) is 2.94. The molecule has 1 amide bonds. The van der Waals surface area contributed by atoms with Crippen LogP contribution in [-0.4, -0.2) is 16.1 Å². The number of halogens is 2. The highest BCUT2D eigenvalue weighted by Gasteiger charge is 2.23. The molecule has 2 aromatic rings. The van der Waals surface area contributed by atoms with Gasteiger partial charge >= 0.3 is 0 Å². The van der Waals surface area contributed by atoms with Crippen LogP contribution in [0.2, 0.25) is 5.02 Å². The van der Waals surface area contributed by atoms with Gasteiger partial charge in [-0.15, -0.1) is 0 Å². The molecular weight excluding hydrogens is 269 g/mol. The van der Waals surface area contributed by atoms with Gasteiger partial charge in [0.1, 0.15) is 5.82 Å². The van der Waals surface area contributed by atoms with Crippen LogP contribution in [-0.2, 0) is 12.8 Å². The van der Waals surface area contributed by atoms with Crippen LogP contribution in [0.5, 0.6) is 0 Å². The van der Waals surface area contributed by atoms with Crippen LogP contribution in [0, 0.1) is 5.82 Å². The van der Waals surface area contributed by atoms with Crippen molar-refractivity contribution in [3.05, 3.63) is 46.0 Å². The smallest absolute Gasteiger partial charge is 0.276 e. The maximum atomic E-state index is 13.0. The molecule has 98 valence electrons. The number of hydrogen-bond acceptors (Lipinski definition) is 2. The Bertz CT molecular complexity index is 653. The maximum absolute atomic E-state index is 13.0. The van der Waals surface area contributed by atoms with E-state index >= 15 is 0 Å². The lowest BCUT2D eigenvalue weighted by atomic mass is 10.2. The van der Waals surface area contributed by atoms with Crippen molar-refractivity contribution in [1.29, 1.82) is 0 Å². The van der Waals surface area contributed by atoms with E-state index in [1.165, 1.54) is 18.2 Å². The first-order chi connectivity index (χ1) is 9.15. The van der Waals surface area contributed by atoms with Crippen LogP contribution in [0.1, 0.15) is 28.2 Å². The van der Waals surface area contributed by atoms with E-state index < -0.39 is 5.82 Å². The Morgan fingerprint density at radius 2 is 2.26 bits per heavy atom. The van der Waals surface area contributed by atoms with Gasteiger partial charge in [-0.3, -0.25) is 9.89 Å². The van der Waals surface area contributed by atoms with Crippen LogP contribution < -0.4 is 5.32 Å². The van der Waals surface area contributed by atoms with E-state index in [1.54, 1.807) is 0 Å². The lowest BCUT2D eigenvalue weighted by Crippen LogP contribution is -2.14. The van der Waals surface area contributed by atoms with Crippen LogP contribution >= 0.6 is 11.6 Å². The Hall–Kier alpha value is -1.88. The van der Waals surface area contributed by atoms with Gasteiger partial charge < -0.3 is 5.32 Å². The zero-order chi connectivity index (χ0) is 13.4. The number of aromatic amines is 1. The molecule has 0 bridgehead atoms. The van der Waals surface area contributed by atoms with Crippen LogP contribution in [0.15, 0.2) is 18.2 Å². The Morgan fingerprint density at radius 3 is 3.05 bits per heavy atom. The van der Waals surface area contributed by atoms with Crippen molar-refractivity contribution < 1.29 is 9.18 Å². The van der Waals surface area contributed by atoms with E-state index in [4.69, 9.17) is 11.6 Å². The van der Waals surface area contributed by atoms with Gasteiger partial charge in [-0.05, 0) is 37.5 Å². The second-order valence-corrected chi connectivity index (χ2v) is 4.87. The average molecular weight is 280 g/mol. The minimum Gasteiger partial charge on any atom is -0.321 e. The third-order valence-corrected chi connectivity index (χ3v) is 3.49. The molecule has 0 saturated heterocycles. The monoisotopic (exact) mass is 279 g/mol. The molecule has 1 aromatic carbocycles. The van der Waals surface area contributed by atoms with Crippen LogP contribution in [0.25, 0.3) is 0 Å². The number of H-pyrrole nitrogens is 1. The van der Waals surface area contributed by atoms with Gasteiger partial charge in [0.25, 0.3) is 5.91 Å². The van der Waals surface area contributed by atoms with Crippen molar-refractivity contribution in [2.24, 2.45) is 0 Å². The fraction of sp³-hybridized carbons (Fsp3) is 0.231. The molecule has 3 rings (SSSR count). The Labute approximate surface area is 114 Å². The van der Waals surface area contributed by atoms with E-state index in [-0.39, 0.29) is 10.9 Å². The van der Waals surface area contributed by atoms with Gasteiger partial charge in [-0.25, -0.2) is 4.39 Å². The third-order valence-electron chi connectivity index (χ3n) is 3.20. The highest BCUT2D eigenvalue weighted by molar-refractivity contribution is 6.31. The van der Waals surface area contributed by atoms with Crippen molar-refractivity contribution >= 4 is 23.2 Å². The Balaban J connectivity index is 1.83. The van der Waals surface area contributed by atoms with Crippen molar-refractivity contribution in [2.75, 3.05) is 5.32 Å². The van der Waals surface area contributed by atoms with Gasteiger partial charge in [-0.1, -0.05) is 11.6 Å². The first-order valence-electron chi connectivity index (χ1n) is 5.97. The first-order valence-corrected chi connectivity index (χ1v) is 6.35. The molecule has 0 spiro atoms. The molecule has 6 heteroatoms. The summed E-state index contributed by atoms with van der Waals surface area (Å²) in [6.45, 7) is 0. The average Bonchev–Trinajstić information content (AvgIpc) is 2.95. The molecule has 0 radical (unpaired) electrons. The molecule has 1 aromatic heterocycles. The quantitative estimate of drug-likeness (QED) is 0.888. The molecule has 4 nitrogen and oxygen atoms in total. The lowest BCUT2D eigenvalue weighted by molar-refractivity contribution is 0.102. The highest BCUT2D eigenvalue weighted by atomic mass is 35.5. The van der Waals surface area contributed by atoms with Crippen LogP contribution in [0.3, 0.4) is 0 Å². The second-order valence-electron chi connectivity index (χ2n) is 4.47. The largest absolute Gasteiger partial charge is 0.321 e. The summed E-state index contributed by atoms with van der Waals surface area (Å²) in [5.41, 5.74) is 2.87. The Morgan fingerprint density at radius 1 is 1.42 bits per heavy atom. The fourth-order valence-electron chi connectivity index (χ4n) is 2.27. The zero-order valence-electron chi connectivity index (χ0n) is 9.96. The van der Waals surface area contributed by atoms with Crippen LogP contribution in [0.4, 0.5) is 10.1 Å². The number of aryl methyl sites for hydroxylation is 1. The molecule has 0 atom stereocenters. The summed E-state index contributed by atoms with van der Waals surface area (Å²) in [7, 11) is 0. The summed E-state index contributed by atoms with van der Waals surface area (Å²) < 4.78 is 13.0. The van der Waals surface area contributed by atoms with Crippen molar-refractivity contribution in [3.8, 4) is 0 Å². The van der Waals surface area contributed by atoms with Crippen molar-refractivity contribution in [1.82, 2.24) is 10.2 Å². The molecule has 1 aliphatic carbocycles. The third kappa shape index (κ3) is 2.21. The molecule has 0 saturated carbocycles. The minimum atomic E-state index is -0.514. The van der Waals surface area contributed by atoms with E-state index in [0.29, 0.717) is 11.4 Å². The van der Waals surface area contributed by atoms with Gasteiger partial charge in [0.15, 0.2) is 5.69 Å². The fourth-order valence-corrected chi connectivity index (χ4v) is 2.45. The van der Waals surface area contributed by atoms with Gasteiger partial charge in [0.05, 0.1) is 5.02 Å². The molecule has 0 unspecified atom stereocenters. The van der Waals surface area contributed by atoms with Crippen molar-refractivity contribution in [2.45, 2.75) is 19.3 Å². The van der Waals surface area contributed by atoms with E-state index in [0.717, 1.165) is 30.5 Å². The molecule has 1 aliphatic rings. The number of amides is 1. The number of fused-ring (bicyclic) bond motifs is 1. The number of rotatable bonds is 2. The summed E-state index contributed by atoms with van der Waals surface area (Å²) >= 11 is 5.67. The highest BCUT2D eigenvalue weighted by Crippen LogP contribution is 2.24. The standard InChI is InChI=1S/C13H11ClFN3O/c14-9-6-7(4-5-10(9)15)16-13(19)12-8-2-1-3-11(8)17-18-12/h4-6H,1-3H2,(H,16,19)(H,17,18). The topological polar surface area (TPSA) is 57.8 Å². The molecule has 0 fully saturated rings. The van der Waals surface area contributed by atoms with Gasteiger partial charge in [0.2, 0.25) is 0 Å². The molecule has 0 aliphatic heterocycles. The molecule has 1 heterocycles. The van der Waals surface area contributed by atoms with E-state index in [1.807, 2.05) is 0 Å². The summed E-state index contributed by atoms with van der Waals surface area (Å²) in [6.07, 6.45) is 2.82. The summed E-state index contributed by atoms with van der Waals surface area (Å²) in [4.78, 5) is 12.1. The SMILES string of the molecule is O=C(Nc1ccc(F)c(Cl)c1)c1n[nH]c2c1CCC2. The molecule has 19 heavy (non-hydrogen) atoms. The molecular formula is C13H11ClFN3O.